The average Bonchev–Trinajstić information content (AvgIpc) is 2.85. The number of nitroso groups, excluding NO2 is 1. The highest BCUT2D eigenvalue weighted by atomic mass is 19.1. The number of benzene rings is 2. The molecule has 7 nitrogen and oxygen atoms in total. The lowest BCUT2D eigenvalue weighted by molar-refractivity contribution is 0.0706. The minimum Gasteiger partial charge on any atom is -0.493 e. The molecule has 1 amide bonds. The third kappa shape index (κ3) is 2.59. The minimum atomic E-state index is -0.640. The molecule has 0 aliphatic rings. The van der Waals surface area contributed by atoms with Crippen LogP contribution in [0.2, 0.25) is 0 Å². The van der Waals surface area contributed by atoms with Crippen LogP contribution in [0.15, 0.2) is 47.6 Å². The van der Waals surface area contributed by atoms with Gasteiger partial charge in [0.05, 0.1) is 12.1 Å². The predicted molar refractivity (Wildman–Crippen MR) is 83.8 cm³/mol. The number of nitrogens with one attached hydrogen (secondary N) is 1. The molecule has 0 spiro atoms. The van der Waals surface area contributed by atoms with Crippen molar-refractivity contribution < 1.29 is 19.5 Å². The van der Waals surface area contributed by atoms with Crippen molar-refractivity contribution in [1.82, 2.24) is 10.0 Å². The lowest BCUT2D eigenvalue weighted by Gasteiger charge is -2.08. The Bertz CT molecular complexity index is 935. The first-order chi connectivity index (χ1) is 11.5. The highest BCUT2D eigenvalue weighted by Gasteiger charge is 2.18. The molecule has 0 unspecified atom stereocenters. The summed E-state index contributed by atoms with van der Waals surface area (Å²) in [6.07, 6.45) is 0. The van der Waals surface area contributed by atoms with Crippen molar-refractivity contribution in [2.45, 2.75) is 6.54 Å². The third-order valence-electron chi connectivity index (χ3n) is 3.72. The summed E-state index contributed by atoms with van der Waals surface area (Å²) in [7, 11) is 0. The number of amides is 1. The van der Waals surface area contributed by atoms with Gasteiger partial charge in [-0.05, 0) is 41.1 Å². The SMILES string of the molecule is O=Nc1c(O)n(Cc2ccc(C(=O)NO)cc2)c2ccc(F)cc12. The number of halogens is 1. The molecule has 0 radical (unpaired) electrons. The maximum absolute atomic E-state index is 13.4. The van der Waals surface area contributed by atoms with E-state index in [0.29, 0.717) is 5.52 Å². The lowest BCUT2D eigenvalue weighted by atomic mass is 10.1. The molecule has 122 valence electrons. The first-order valence-corrected chi connectivity index (χ1v) is 6.92. The molecule has 0 saturated heterocycles. The summed E-state index contributed by atoms with van der Waals surface area (Å²) in [5.41, 5.74) is 2.76. The molecule has 8 heteroatoms. The standard InChI is InChI=1S/C16H12FN3O4/c17-11-5-6-13-12(7-11)14(18-23)16(22)20(13)8-9-1-3-10(4-2-9)15(21)19-24/h1-7,22,24H,8H2,(H,19,21). The highest BCUT2D eigenvalue weighted by Crippen LogP contribution is 2.39. The van der Waals surface area contributed by atoms with Gasteiger partial charge in [0.15, 0.2) is 5.69 Å². The maximum atomic E-state index is 13.4. The smallest absolute Gasteiger partial charge is 0.274 e. The number of aromatic nitrogens is 1. The van der Waals surface area contributed by atoms with Crippen LogP contribution in [0.3, 0.4) is 0 Å². The van der Waals surface area contributed by atoms with Gasteiger partial charge in [0.1, 0.15) is 5.82 Å². The van der Waals surface area contributed by atoms with Crippen molar-refractivity contribution in [1.29, 1.82) is 0 Å². The van der Waals surface area contributed by atoms with Crippen LogP contribution in [0.5, 0.6) is 5.88 Å². The van der Waals surface area contributed by atoms with Gasteiger partial charge in [-0.3, -0.25) is 10.0 Å². The summed E-state index contributed by atoms with van der Waals surface area (Å²) in [5, 5.41) is 21.8. The second kappa shape index (κ2) is 6.09. The summed E-state index contributed by atoms with van der Waals surface area (Å²) in [4.78, 5) is 22.3. The largest absolute Gasteiger partial charge is 0.493 e. The predicted octanol–water partition coefficient (Wildman–Crippen LogP) is 3.05. The number of hydroxylamine groups is 1. The van der Waals surface area contributed by atoms with Gasteiger partial charge in [0, 0.05) is 10.9 Å². The van der Waals surface area contributed by atoms with Crippen LogP contribution in [0.25, 0.3) is 10.9 Å². The molecule has 1 heterocycles. The zero-order chi connectivity index (χ0) is 17.3. The van der Waals surface area contributed by atoms with Crippen LogP contribution in [-0.2, 0) is 6.54 Å². The Balaban J connectivity index is 2.02. The summed E-state index contributed by atoms with van der Waals surface area (Å²) in [6, 6.07) is 10.1. The molecule has 0 fully saturated rings. The van der Waals surface area contributed by atoms with Crippen LogP contribution in [-0.4, -0.2) is 20.8 Å². The van der Waals surface area contributed by atoms with Crippen LogP contribution in [0, 0.1) is 10.7 Å². The minimum absolute atomic E-state index is 0.185. The second-order valence-electron chi connectivity index (χ2n) is 5.15. The fourth-order valence-electron chi connectivity index (χ4n) is 2.55. The number of carbonyl (C=O) groups excluding carboxylic acids is 1. The van der Waals surface area contributed by atoms with E-state index in [1.807, 2.05) is 0 Å². The number of rotatable bonds is 4. The number of nitrogens with zero attached hydrogens (tertiary/aromatic N) is 2. The van der Waals surface area contributed by atoms with Crippen molar-refractivity contribution in [2.24, 2.45) is 5.18 Å². The summed E-state index contributed by atoms with van der Waals surface area (Å²) in [5.74, 6) is -1.54. The van der Waals surface area contributed by atoms with E-state index in [1.54, 1.807) is 12.1 Å². The van der Waals surface area contributed by atoms with Gasteiger partial charge in [-0.2, -0.15) is 0 Å². The van der Waals surface area contributed by atoms with E-state index in [9.17, 15) is 19.2 Å². The molecule has 2 aromatic carbocycles. The van der Waals surface area contributed by atoms with E-state index >= 15 is 0 Å². The van der Waals surface area contributed by atoms with E-state index < -0.39 is 11.7 Å². The van der Waals surface area contributed by atoms with Gasteiger partial charge in [-0.25, -0.2) is 9.87 Å². The Morgan fingerprint density at radius 2 is 1.92 bits per heavy atom. The molecule has 0 atom stereocenters. The Morgan fingerprint density at radius 3 is 2.54 bits per heavy atom. The van der Waals surface area contributed by atoms with Crippen LogP contribution in [0.1, 0.15) is 15.9 Å². The first-order valence-electron chi connectivity index (χ1n) is 6.92. The molecule has 0 aliphatic heterocycles. The second-order valence-corrected chi connectivity index (χ2v) is 5.15. The van der Waals surface area contributed by atoms with Gasteiger partial charge in [-0.15, -0.1) is 4.91 Å². The van der Waals surface area contributed by atoms with Crippen LogP contribution in [0.4, 0.5) is 10.1 Å². The highest BCUT2D eigenvalue weighted by molar-refractivity contribution is 5.95. The number of fused-ring (bicyclic) bond motifs is 1. The first kappa shape index (κ1) is 15.6. The normalized spacial score (nSPS) is 10.8. The maximum Gasteiger partial charge on any atom is 0.274 e. The van der Waals surface area contributed by atoms with Crippen LogP contribution >= 0.6 is 0 Å². The van der Waals surface area contributed by atoms with E-state index in [2.05, 4.69) is 5.18 Å². The zero-order valence-electron chi connectivity index (χ0n) is 12.2. The fraction of sp³-hybridized carbons (Fsp3) is 0.0625. The van der Waals surface area contributed by atoms with E-state index in [-0.39, 0.29) is 29.1 Å². The third-order valence-corrected chi connectivity index (χ3v) is 3.72. The van der Waals surface area contributed by atoms with E-state index in [1.165, 1.54) is 34.3 Å². The van der Waals surface area contributed by atoms with Crippen molar-refractivity contribution in [3.05, 3.63) is 64.3 Å². The molecule has 0 aliphatic carbocycles. The lowest BCUT2D eigenvalue weighted by Crippen LogP contribution is -2.18. The Morgan fingerprint density at radius 1 is 1.21 bits per heavy atom. The van der Waals surface area contributed by atoms with Gasteiger partial charge in [-0.1, -0.05) is 12.1 Å². The van der Waals surface area contributed by atoms with E-state index in [4.69, 9.17) is 5.21 Å². The molecule has 0 bridgehead atoms. The summed E-state index contributed by atoms with van der Waals surface area (Å²) < 4.78 is 14.8. The summed E-state index contributed by atoms with van der Waals surface area (Å²) >= 11 is 0. The van der Waals surface area contributed by atoms with Gasteiger partial charge in [0.25, 0.3) is 5.91 Å². The van der Waals surface area contributed by atoms with Gasteiger partial charge in [0.2, 0.25) is 5.88 Å². The average molecular weight is 329 g/mol. The molecule has 3 aromatic rings. The summed E-state index contributed by atoms with van der Waals surface area (Å²) in [6.45, 7) is 0.185. The topological polar surface area (TPSA) is 104 Å². The molecule has 24 heavy (non-hydrogen) atoms. The molecular formula is C16H12FN3O4. The van der Waals surface area contributed by atoms with E-state index in [0.717, 1.165) is 11.6 Å². The molecule has 0 saturated carbocycles. The zero-order valence-corrected chi connectivity index (χ0v) is 12.2. The molecular weight excluding hydrogens is 317 g/mol. The molecule has 1 aromatic heterocycles. The molecule has 3 N–H and O–H groups in total. The van der Waals surface area contributed by atoms with Crippen molar-refractivity contribution in [2.75, 3.05) is 0 Å². The monoisotopic (exact) mass is 329 g/mol. The van der Waals surface area contributed by atoms with Gasteiger partial charge < -0.3 is 9.67 Å². The number of hydrogen-bond acceptors (Lipinski definition) is 5. The Kier molecular flexibility index (Phi) is 3.97. The Hall–Kier alpha value is -3.26. The van der Waals surface area contributed by atoms with Gasteiger partial charge >= 0.3 is 0 Å². The quantitative estimate of drug-likeness (QED) is 0.389. The van der Waals surface area contributed by atoms with Crippen molar-refractivity contribution in [3.63, 3.8) is 0 Å². The number of hydrogen-bond donors (Lipinski definition) is 3. The number of carbonyl (C=O) groups is 1. The van der Waals surface area contributed by atoms with Crippen molar-refractivity contribution >= 4 is 22.5 Å². The Labute approximate surface area is 134 Å². The molecule has 3 rings (SSSR count). The fourth-order valence-corrected chi connectivity index (χ4v) is 2.55. The van der Waals surface area contributed by atoms with Crippen LogP contribution < -0.4 is 5.48 Å². The van der Waals surface area contributed by atoms with Crippen molar-refractivity contribution in [3.8, 4) is 5.88 Å². The number of aromatic hydroxyl groups is 1.